The van der Waals surface area contributed by atoms with E-state index in [-0.39, 0.29) is 23.7 Å². The van der Waals surface area contributed by atoms with Gasteiger partial charge in [-0.1, -0.05) is 115 Å². The van der Waals surface area contributed by atoms with Gasteiger partial charge in [0.05, 0.1) is 11.8 Å². The Morgan fingerprint density at radius 2 is 1.20 bits per heavy atom. The number of rotatable bonds is 17. The molecular formula is C27H47NO2. The third-order valence-electron chi connectivity index (χ3n) is 7.12. The number of nitrogens with zero attached hydrogens (tertiary/aromatic N) is 1. The first-order chi connectivity index (χ1) is 14.6. The highest BCUT2D eigenvalue weighted by Crippen LogP contribution is 2.36. The van der Waals surface area contributed by atoms with E-state index in [0.717, 1.165) is 25.7 Å². The molecule has 2 unspecified atom stereocenters. The summed E-state index contributed by atoms with van der Waals surface area (Å²) in [6.45, 7) is 4.99. The van der Waals surface area contributed by atoms with Crippen molar-refractivity contribution < 1.29 is 9.59 Å². The van der Waals surface area contributed by atoms with Crippen molar-refractivity contribution in [2.24, 2.45) is 11.8 Å². The average molecular weight is 418 g/mol. The summed E-state index contributed by atoms with van der Waals surface area (Å²) in [6, 6.07) is 0. The molecule has 1 heterocycles. The Kier molecular flexibility index (Phi) is 12.4. The molecule has 3 heteroatoms. The zero-order chi connectivity index (χ0) is 21.6. The average Bonchev–Trinajstić information content (AvgIpc) is 2.97. The molecule has 0 aromatic heterocycles. The van der Waals surface area contributed by atoms with Crippen LogP contribution in [-0.2, 0) is 9.59 Å². The molecule has 2 aliphatic rings. The van der Waals surface area contributed by atoms with Crippen LogP contribution in [0, 0.1) is 11.8 Å². The van der Waals surface area contributed by atoms with Gasteiger partial charge in [0.1, 0.15) is 0 Å². The van der Waals surface area contributed by atoms with E-state index in [1.807, 2.05) is 6.08 Å². The van der Waals surface area contributed by atoms with Crippen molar-refractivity contribution in [3.8, 4) is 0 Å². The van der Waals surface area contributed by atoms with Crippen LogP contribution in [0.2, 0.25) is 0 Å². The van der Waals surface area contributed by atoms with E-state index >= 15 is 0 Å². The van der Waals surface area contributed by atoms with Crippen molar-refractivity contribution in [2.75, 3.05) is 6.54 Å². The molecule has 1 aliphatic heterocycles. The van der Waals surface area contributed by atoms with E-state index in [0.29, 0.717) is 6.54 Å². The SMILES string of the molecule is CCCCCCCCCCCCCCCCCCN1C(=O)C2C=C(C)CCC2C1=O. The second-order valence-corrected chi connectivity index (χ2v) is 9.82. The first kappa shape index (κ1) is 25.1. The number of allylic oxidation sites excluding steroid dienone is 1. The zero-order valence-corrected chi connectivity index (χ0v) is 19.9. The van der Waals surface area contributed by atoms with E-state index in [1.165, 1.54) is 95.5 Å². The summed E-state index contributed by atoms with van der Waals surface area (Å²) in [5, 5.41) is 0. The lowest BCUT2D eigenvalue weighted by molar-refractivity contribution is -0.139. The molecule has 0 saturated carbocycles. The van der Waals surface area contributed by atoms with Crippen LogP contribution in [0.15, 0.2) is 11.6 Å². The van der Waals surface area contributed by atoms with E-state index in [2.05, 4.69) is 13.8 Å². The van der Waals surface area contributed by atoms with Crippen molar-refractivity contribution in [1.29, 1.82) is 0 Å². The van der Waals surface area contributed by atoms with Gasteiger partial charge in [-0.2, -0.15) is 0 Å². The van der Waals surface area contributed by atoms with Gasteiger partial charge in [-0.25, -0.2) is 0 Å². The Morgan fingerprint density at radius 1 is 0.733 bits per heavy atom. The van der Waals surface area contributed by atoms with E-state index < -0.39 is 0 Å². The molecule has 3 nitrogen and oxygen atoms in total. The number of hydrogen-bond acceptors (Lipinski definition) is 2. The summed E-state index contributed by atoms with van der Waals surface area (Å²) in [5.41, 5.74) is 1.27. The highest BCUT2D eigenvalue weighted by Gasteiger charge is 2.46. The lowest BCUT2D eigenvalue weighted by Gasteiger charge is -2.18. The molecule has 0 N–H and O–H groups in total. The molecule has 0 aromatic rings. The van der Waals surface area contributed by atoms with Crippen molar-refractivity contribution in [3.63, 3.8) is 0 Å². The quantitative estimate of drug-likeness (QED) is 0.139. The molecule has 30 heavy (non-hydrogen) atoms. The maximum Gasteiger partial charge on any atom is 0.236 e. The fourth-order valence-corrected chi connectivity index (χ4v) is 5.12. The fraction of sp³-hybridized carbons (Fsp3) is 0.852. The highest BCUT2D eigenvalue weighted by atomic mass is 16.2. The molecule has 0 aromatic carbocycles. The lowest BCUT2D eigenvalue weighted by Crippen LogP contribution is -2.32. The van der Waals surface area contributed by atoms with Gasteiger partial charge in [-0.05, 0) is 26.2 Å². The molecule has 2 amide bonds. The summed E-state index contributed by atoms with van der Waals surface area (Å²) in [5.74, 6) is -0.0747. The Hall–Kier alpha value is -1.12. The van der Waals surface area contributed by atoms with Crippen LogP contribution in [0.3, 0.4) is 0 Å². The molecule has 0 bridgehead atoms. The minimum Gasteiger partial charge on any atom is -0.282 e. The number of likely N-dealkylation sites (tertiary alicyclic amines) is 1. The van der Waals surface area contributed by atoms with Crippen molar-refractivity contribution in [2.45, 2.75) is 129 Å². The first-order valence-corrected chi connectivity index (χ1v) is 13.2. The number of amides is 2. The van der Waals surface area contributed by atoms with Gasteiger partial charge in [0.25, 0.3) is 0 Å². The van der Waals surface area contributed by atoms with Gasteiger partial charge in [0.15, 0.2) is 0 Å². The minimum atomic E-state index is -0.160. The summed E-state index contributed by atoms with van der Waals surface area (Å²) in [4.78, 5) is 26.6. The van der Waals surface area contributed by atoms with E-state index in [4.69, 9.17) is 0 Å². The van der Waals surface area contributed by atoms with Crippen molar-refractivity contribution in [1.82, 2.24) is 4.90 Å². The molecule has 1 aliphatic carbocycles. The number of unbranched alkanes of at least 4 members (excludes halogenated alkanes) is 15. The Balaban J connectivity index is 1.39. The number of carbonyl (C=O) groups is 2. The molecule has 0 spiro atoms. The normalized spacial score (nSPS) is 21.3. The number of imide groups is 1. The molecule has 2 atom stereocenters. The molecule has 1 fully saturated rings. The van der Waals surface area contributed by atoms with Gasteiger partial charge < -0.3 is 0 Å². The van der Waals surface area contributed by atoms with Crippen LogP contribution < -0.4 is 0 Å². The second-order valence-electron chi connectivity index (χ2n) is 9.82. The molecule has 0 radical (unpaired) electrons. The number of fused-ring (bicyclic) bond motifs is 1. The van der Waals surface area contributed by atoms with Crippen molar-refractivity contribution >= 4 is 11.8 Å². The van der Waals surface area contributed by atoms with E-state index in [9.17, 15) is 9.59 Å². The molecule has 1 saturated heterocycles. The third-order valence-corrected chi connectivity index (χ3v) is 7.12. The third kappa shape index (κ3) is 8.55. The summed E-state index contributed by atoms with van der Waals surface area (Å²) in [6.07, 6.45) is 25.3. The standard InChI is InChI=1S/C27H47NO2/c1-3-4-5-6-7-8-9-10-11-12-13-14-15-16-17-18-21-28-26(29)24-20-19-23(2)22-25(24)27(28)30/h22,24-25H,3-21H2,1-2H3. The summed E-state index contributed by atoms with van der Waals surface area (Å²) < 4.78 is 0. The van der Waals surface area contributed by atoms with Crippen LogP contribution in [0.25, 0.3) is 0 Å². The molecule has 2 rings (SSSR count). The zero-order valence-electron chi connectivity index (χ0n) is 19.9. The van der Waals surface area contributed by atoms with Gasteiger partial charge >= 0.3 is 0 Å². The molecule has 172 valence electrons. The van der Waals surface area contributed by atoms with Crippen LogP contribution in [0.1, 0.15) is 129 Å². The predicted octanol–water partition coefficient (Wildman–Crippen LogP) is 7.59. The smallest absolute Gasteiger partial charge is 0.236 e. The molecular weight excluding hydrogens is 370 g/mol. The van der Waals surface area contributed by atoms with Gasteiger partial charge in [0, 0.05) is 6.54 Å². The Morgan fingerprint density at radius 3 is 1.70 bits per heavy atom. The van der Waals surface area contributed by atoms with Gasteiger partial charge in [0.2, 0.25) is 11.8 Å². The predicted molar refractivity (Wildman–Crippen MR) is 126 cm³/mol. The second kappa shape index (κ2) is 14.8. The topological polar surface area (TPSA) is 37.4 Å². The van der Waals surface area contributed by atoms with Crippen LogP contribution in [0.4, 0.5) is 0 Å². The van der Waals surface area contributed by atoms with Crippen LogP contribution in [-0.4, -0.2) is 23.3 Å². The number of carbonyl (C=O) groups excluding carboxylic acids is 2. The van der Waals surface area contributed by atoms with Gasteiger partial charge in [-0.15, -0.1) is 0 Å². The Bertz CT molecular complexity index is 539. The van der Waals surface area contributed by atoms with Crippen LogP contribution in [0.5, 0.6) is 0 Å². The summed E-state index contributed by atoms with van der Waals surface area (Å²) in [7, 11) is 0. The number of hydrogen-bond donors (Lipinski definition) is 0. The first-order valence-electron chi connectivity index (χ1n) is 13.2. The van der Waals surface area contributed by atoms with Gasteiger partial charge in [-0.3, -0.25) is 14.5 Å². The maximum absolute atomic E-state index is 12.5. The fourth-order valence-electron chi connectivity index (χ4n) is 5.12. The van der Waals surface area contributed by atoms with Crippen molar-refractivity contribution in [3.05, 3.63) is 11.6 Å². The minimum absolute atomic E-state index is 0.0602. The highest BCUT2D eigenvalue weighted by molar-refractivity contribution is 6.06. The lowest BCUT2D eigenvalue weighted by atomic mass is 9.83. The Labute approximate surface area is 186 Å². The van der Waals surface area contributed by atoms with E-state index in [1.54, 1.807) is 4.90 Å². The monoisotopic (exact) mass is 417 g/mol. The summed E-state index contributed by atoms with van der Waals surface area (Å²) >= 11 is 0. The van der Waals surface area contributed by atoms with Crippen LogP contribution >= 0.6 is 0 Å². The largest absolute Gasteiger partial charge is 0.282 e. The maximum atomic E-state index is 12.5.